The predicted octanol–water partition coefficient (Wildman–Crippen LogP) is 1.20. The number of nitrogens with two attached hydrogens (primary N) is 1. The highest BCUT2D eigenvalue weighted by atomic mass is 16.5. The number of ether oxygens (including phenoxy) is 1. The lowest BCUT2D eigenvalue weighted by atomic mass is 10.0. The van der Waals surface area contributed by atoms with Gasteiger partial charge in [-0.25, -0.2) is 0 Å². The van der Waals surface area contributed by atoms with Crippen LogP contribution in [-0.4, -0.2) is 30.1 Å². The van der Waals surface area contributed by atoms with Gasteiger partial charge in [0, 0.05) is 6.54 Å². The molecule has 0 amide bonds. The first kappa shape index (κ1) is 13.7. The number of hydrogen-bond donors (Lipinski definition) is 2. The lowest BCUT2D eigenvalue weighted by Gasteiger charge is -2.15. The minimum Gasteiger partial charge on any atom is -0.490 e. The summed E-state index contributed by atoms with van der Waals surface area (Å²) in [5, 5.41) is 9.35. The molecule has 1 atom stereocenters. The Hall–Kier alpha value is -1.39. The molecule has 4 heteroatoms. The SMILES string of the molecule is CC(=O)c1c(C)cc(C)cc1OC[C@@H](O)CN. The molecule has 0 heterocycles. The molecule has 0 saturated heterocycles. The first-order chi connectivity index (χ1) is 7.95. The van der Waals surface area contributed by atoms with Crippen LogP contribution in [0.4, 0.5) is 0 Å². The first-order valence-corrected chi connectivity index (χ1v) is 5.58. The van der Waals surface area contributed by atoms with E-state index in [-0.39, 0.29) is 18.9 Å². The topological polar surface area (TPSA) is 72.5 Å². The first-order valence-electron chi connectivity index (χ1n) is 5.58. The van der Waals surface area contributed by atoms with Crippen LogP contribution in [0.1, 0.15) is 28.4 Å². The molecule has 1 aromatic carbocycles. The summed E-state index contributed by atoms with van der Waals surface area (Å²) in [6, 6.07) is 3.73. The van der Waals surface area contributed by atoms with Crippen molar-refractivity contribution in [2.45, 2.75) is 26.9 Å². The van der Waals surface area contributed by atoms with E-state index >= 15 is 0 Å². The molecule has 0 fully saturated rings. The third kappa shape index (κ3) is 3.54. The van der Waals surface area contributed by atoms with Gasteiger partial charge in [0.15, 0.2) is 5.78 Å². The predicted molar refractivity (Wildman–Crippen MR) is 66.5 cm³/mol. The fourth-order valence-electron chi connectivity index (χ4n) is 1.75. The zero-order valence-electron chi connectivity index (χ0n) is 10.5. The van der Waals surface area contributed by atoms with Gasteiger partial charge in [-0.15, -0.1) is 0 Å². The van der Waals surface area contributed by atoms with Crippen LogP contribution in [0.3, 0.4) is 0 Å². The standard InChI is InChI=1S/C13H19NO3/c1-8-4-9(2)13(10(3)15)12(5-8)17-7-11(16)6-14/h4-5,11,16H,6-7,14H2,1-3H3/t11-/m0/s1. The van der Waals surface area contributed by atoms with Gasteiger partial charge in [-0.2, -0.15) is 0 Å². The van der Waals surface area contributed by atoms with E-state index in [9.17, 15) is 9.90 Å². The summed E-state index contributed by atoms with van der Waals surface area (Å²) < 4.78 is 5.46. The molecule has 0 radical (unpaired) electrons. The zero-order valence-corrected chi connectivity index (χ0v) is 10.5. The Morgan fingerprint density at radius 1 is 1.47 bits per heavy atom. The smallest absolute Gasteiger partial charge is 0.163 e. The van der Waals surface area contributed by atoms with Crippen LogP contribution in [0.5, 0.6) is 5.75 Å². The number of aryl methyl sites for hydroxylation is 2. The molecule has 3 N–H and O–H groups in total. The van der Waals surface area contributed by atoms with Gasteiger partial charge in [0.05, 0.1) is 5.56 Å². The van der Waals surface area contributed by atoms with Gasteiger partial charge in [-0.1, -0.05) is 6.07 Å². The second kappa shape index (κ2) is 5.80. The maximum absolute atomic E-state index is 11.5. The maximum atomic E-state index is 11.5. The molecule has 94 valence electrons. The highest BCUT2D eigenvalue weighted by Gasteiger charge is 2.13. The number of aliphatic hydroxyl groups excluding tert-OH is 1. The van der Waals surface area contributed by atoms with Crippen molar-refractivity contribution in [2.24, 2.45) is 5.73 Å². The average Bonchev–Trinajstić information content (AvgIpc) is 2.24. The number of hydrogen-bond acceptors (Lipinski definition) is 4. The fraction of sp³-hybridized carbons (Fsp3) is 0.462. The van der Waals surface area contributed by atoms with Crippen LogP contribution in [0.2, 0.25) is 0 Å². The summed E-state index contributed by atoms with van der Waals surface area (Å²) in [6.07, 6.45) is -0.712. The Balaban J connectivity index is 3.00. The Bertz CT molecular complexity index is 415. The van der Waals surface area contributed by atoms with E-state index < -0.39 is 6.10 Å². The molecule has 4 nitrogen and oxygen atoms in total. The normalized spacial score (nSPS) is 12.3. The zero-order chi connectivity index (χ0) is 13.0. The molecule has 0 unspecified atom stereocenters. The minimum absolute atomic E-state index is 0.0419. The Labute approximate surface area is 101 Å². The van der Waals surface area contributed by atoms with Crippen molar-refractivity contribution in [2.75, 3.05) is 13.2 Å². The molecule has 0 saturated carbocycles. The van der Waals surface area contributed by atoms with Gasteiger partial charge in [-0.05, 0) is 38.0 Å². The summed E-state index contributed by atoms with van der Waals surface area (Å²) in [7, 11) is 0. The molecule has 1 rings (SSSR count). The summed E-state index contributed by atoms with van der Waals surface area (Å²) in [5.74, 6) is 0.474. The number of ketones is 1. The molecular weight excluding hydrogens is 218 g/mol. The molecule has 1 aromatic rings. The summed E-state index contributed by atoms with van der Waals surface area (Å²) in [5.41, 5.74) is 7.77. The molecule has 17 heavy (non-hydrogen) atoms. The van der Waals surface area contributed by atoms with E-state index in [1.165, 1.54) is 6.92 Å². The van der Waals surface area contributed by atoms with Gasteiger partial charge in [0.1, 0.15) is 18.5 Å². The average molecular weight is 237 g/mol. The van der Waals surface area contributed by atoms with Crippen LogP contribution in [0, 0.1) is 13.8 Å². The molecule has 0 aliphatic rings. The second-order valence-corrected chi connectivity index (χ2v) is 4.21. The number of carbonyl (C=O) groups is 1. The number of benzene rings is 1. The summed E-state index contributed by atoms with van der Waals surface area (Å²) >= 11 is 0. The van der Waals surface area contributed by atoms with Gasteiger partial charge in [0.2, 0.25) is 0 Å². The molecular formula is C13H19NO3. The van der Waals surface area contributed by atoms with Crippen molar-refractivity contribution in [1.29, 1.82) is 0 Å². The number of Topliss-reactive ketones (excluding diaryl/α,β-unsaturated/α-hetero) is 1. The third-order valence-corrected chi connectivity index (χ3v) is 2.50. The molecule has 0 spiro atoms. The van der Waals surface area contributed by atoms with E-state index in [1.807, 2.05) is 19.9 Å². The van der Waals surface area contributed by atoms with E-state index in [0.29, 0.717) is 11.3 Å². The fourth-order valence-corrected chi connectivity index (χ4v) is 1.75. The number of rotatable bonds is 5. The Kier molecular flexibility index (Phi) is 4.66. The number of aliphatic hydroxyl groups is 1. The van der Waals surface area contributed by atoms with Crippen molar-refractivity contribution >= 4 is 5.78 Å². The van der Waals surface area contributed by atoms with E-state index in [0.717, 1.165) is 11.1 Å². The van der Waals surface area contributed by atoms with Crippen LogP contribution in [-0.2, 0) is 0 Å². The lowest BCUT2D eigenvalue weighted by Crippen LogP contribution is -2.27. The van der Waals surface area contributed by atoms with Crippen LogP contribution < -0.4 is 10.5 Å². The Morgan fingerprint density at radius 3 is 2.65 bits per heavy atom. The van der Waals surface area contributed by atoms with Crippen LogP contribution in [0.15, 0.2) is 12.1 Å². The second-order valence-electron chi connectivity index (χ2n) is 4.21. The van der Waals surface area contributed by atoms with Gasteiger partial charge in [0.25, 0.3) is 0 Å². The summed E-state index contributed by atoms with van der Waals surface area (Å²) in [4.78, 5) is 11.5. The number of carbonyl (C=O) groups excluding carboxylic acids is 1. The summed E-state index contributed by atoms with van der Waals surface area (Å²) in [6.45, 7) is 5.54. The van der Waals surface area contributed by atoms with Crippen molar-refractivity contribution in [3.63, 3.8) is 0 Å². The Morgan fingerprint density at radius 2 is 2.12 bits per heavy atom. The highest BCUT2D eigenvalue weighted by molar-refractivity contribution is 5.98. The van der Waals surface area contributed by atoms with Crippen molar-refractivity contribution in [3.05, 3.63) is 28.8 Å². The van der Waals surface area contributed by atoms with Crippen LogP contribution in [0.25, 0.3) is 0 Å². The van der Waals surface area contributed by atoms with Gasteiger partial charge >= 0.3 is 0 Å². The molecule has 0 aromatic heterocycles. The highest BCUT2D eigenvalue weighted by Crippen LogP contribution is 2.25. The minimum atomic E-state index is -0.712. The maximum Gasteiger partial charge on any atom is 0.163 e. The molecule has 0 aliphatic carbocycles. The van der Waals surface area contributed by atoms with Gasteiger partial charge in [-0.3, -0.25) is 4.79 Å². The monoisotopic (exact) mass is 237 g/mol. The quantitative estimate of drug-likeness (QED) is 0.755. The van der Waals surface area contributed by atoms with E-state index in [2.05, 4.69) is 0 Å². The largest absolute Gasteiger partial charge is 0.490 e. The van der Waals surface area contributed by atoms with Crippen molar-refractivity contribution in [3.8, 4) is 5.75 Å². The van der Waals surface area contributed by atoms with E-state index in [1.54, 1.807) is 6.07 Å². The molecule has 0 aliphatic heterocycles. The van der Waals surface area contributed by atoms with Crippen LogP contribution >= 0.6 is 0 Å². The van der Waals surface area contributed by atoms with E-state index in [4.69, 9.17) is 10.5 Å². The van der Waals surface area contributed by atoms with Gasteiger partial charge < -0.3 is 15.6 Å². The lowest BCUT2D eigenvalue weighted by molar-refractivity contribution is 0.0987. The van der Waals surface area contributed by atoms with Crippen molar-refractivity contribution < 1.29 is 14.6 Å². The molecule has 0 bridgehead atoms. The van der Waals surface area contributed by atoms with Crippen molar-refractivity contribution in [1.82, 2.24) is 0 Å². The third-order valence-electron chi connectivity index (χ3n) is 2.50.